The van der Waals surface area contributed by atoms with Crippen molar-refractivity contribution in [2.45, 2.75) is 18.7 Å². The number of nitrogens with one attached hydrogen (secondary N) is 1. The minimum atomic E-state index is -1.80. The fourth-order valence-corrected chi connectivity index (χ4v) is 6.19. The Bertz CT molecular complexity index is 2070. The summed E-state index contributed by atoms with van der Waals surface area (Å²) in [4.78, 5) is 26.5. The van der Waals surface area contributed by atoms with Gasteiger partial charge in [-0.3, -0.25) is 9.52 Å². The van der Waals surface area contributed by atoms with E-state index in [0.29, 0.717) is 21.8 Å². The lowest BCUT2D eigenvalue weighted by Crippen LogP contribution is -2.25. The van der Waals surface area contributed by atoms with E-state index >= 15 is 0 Å². The molecule has 0 saturated carbocycles. The maximum atomic E-state index is 13.0. The molecule has 1 unspecified atom stereocenters. The average Bonchev–Trinajstić information content (AvgIpc) is 3.93. The standard InChI is InChI=1S/C33H22N6O3S2.C2H6/c40-31(24-13-15-27(16-14-24)39-18-17-34-21-39)38-44(41)28-8-4-7-26(19-28)32-36-30(37-42-32)23-11-9-22(10-12-23)29-20-43-33(35-29)25-5-2-1-3-6-25;1-2/h1-21H,(H,38,40);1-2H3. The van der Waals surface area contributed by atoms with Crippen molar-refractivity contribution in [2.24, 2.45) is 0 Å². The Balaban J connectivity index is 0.00000182. The molecular weight excluding hydrogens is 617 g/mol. The summed E-state index contributed by atoms with van der Waals surface area (Å²) >= 11 is 1.61. The number of carbonyl (C=O) groups excluding carboxylic acids is 1. The van der Waals surface area contributed by atoms with Crippen LogP contribution in [0.1, 0.15) is 24.2 Å². The number of hydrogen-bond donors (Lipinski definition) is 1. The smallest absolute Gasteiger partial charge is 0.263 e. The van der Waals surface area contributed by atoms with E-state index in [2.05, 4.69) is 19.8 Å². The molecule has 46 heavy (non-hydrogen) atoms. The summed E-state index contributed by atoms with van der Waals surface area (Å²) in [6, 6.07) is 31.7. The van der Waals surface area contributed by atoms with Gasteiger partial charge in [0.2, 0.25) is 5.82 Å². The van der Waals surface area contributed by atoms with Crippen molar-refractivity contribution in [1.29, 1.82) is 0 Å². The Morgan fingerprint density at radius 1 is 0.826 bits per heavy atom. The largest absolute Gasteiger partial charge is 0.334 e. The molecule has 0 fully saturated rings. The van der Waals surface area contributed by atoms with Gasteiger partial charge >= 0.3 is 0 Å². The van der Waals surface area contributed by atoms with Crippen molar-refractivity contribution < 1.29 is 13.5 Å². The lowest BCUT2D eigenvalue weighted by Gasteiger charge is -2.07. The predicted molar refractivity (Wildman–Crippen MR) is 181 cm³/mol. The van der Waals surface area contributed by atoms with Gasteiger partial charge in [-0.15, -0.1) is 11.3 Å². The van der Waals surface area contributed by atoms with E-state index in [-0.39, 0.29) is 5.89 Å². The van der Waals surface area contributed by atoms with Crippen molar-refractivity contribution in [1.82, 2.24) is 29.4 Å². The molecule has 7 aromatic rings. The summed E-state index contributed by atoms with van der Waals surface area (Å²) in [5, 5.41) is 7.16. The van der Waals surface area contributed by atoms with Crippen LogP contribution in [0.5, 0.6) is 0 Å². The van der Waals surface area contributed by atoms with E-state index in [1.54, 1.807) is 72.4 Å². The fourth-order valence-electron chi connectivity index (χ4n) is 4.51. The Morgan fingerprint density at radius 2 is 1.57 bits per heavy atom. The first-order chi connectivity index (χ1) is 22.6. The van der Waals surface area contributed by atoms with Crippen LogP contribution >= 0.6 is 11.3 Å². The lowest BCUT2D eigenvalue weighted by atomic mass is 10.1. The van der Waals surface area contributed by atoms with E-state index in [1.165, 1.54) is 0 Å². The first-order valence-electron chi connectivity index (χ1n) is 14.5. The Labute approximate surface area is 272 Å². The summed E-state index contributed by atoms with van der Waals surface area (Å²) in [7, 11) is -1.80. The van der Waals surface area contributed by atoms with Gasteiger partial charge in [0.05, 0.1) is 16.9 Å². The summed E-state index contributed by atoms with van der Waals surface area (Å²) in [6.07, 6.45) is 5.16. The van der Waals surface area contributed by atoms with Crippen molar-refractivity contribution in [3.63, 3.8) is 0 Å². The third kappa shape index (κ3) is 6.75. The topological polar surface area (TPSA) is 116 Å². The number of carbonyl (C=O) groups is 1. The van der Waals surface area contributed by atoms with E-state index in [1.807, 2.05) is 84.6 Å². The van der Waals surface area contributed by atoms with Crippen LogP contribution in [0.4, 0.5) is 0 Å². The molecule has 0 bridgehead atoms. The van der Waals surface area contributed by atoms with Crippen molar-refractivity contribution in [3.8, 4) is 50.4 Å². The highest BCUT2D eigenvalue weighted by Crippen LogP contribution is 2.30. The summed E-state index contributed by atoms with van der Waals surface area (Å²) < 4.78 is 22.9. The van der Waals surface area contributed by atoms with Crippen molar-refractivity contribution in [2.75, 3.05) is 0 Å². The highest BCUT2D eigenvalue weighted by atomic mass is 32.2. The highest BCUT2D eigenvalue weighted by molar-refractivity contribution is 7.83. The molecule has 228 valence electrons. The van der Waals surface area contributed by atoms with E-state index in [0.717, 1.165) is 33.1 Å². The molecule has 0 radical (unpaired) electrons. The molecule has 1 atom stereocenters. The normalized spacial score (nSPS) is 11.3. The van der Waals surface area contributed by atoms with Crippen LogP contribution in [-0.2, 0) is 11.0 Å². The maximum absolute atomic E-state index is 13.0. The molecule has 7 rings (SSSR count). The molecule has 0 aliphatic carbocycles. The molecule has 0 spiro atoms. The van der Waals surface area contributed by atoms with Gasteiger partial charge in [0.25, 0.3) is 11.8 Å². The van der Waals surface area contributed by atoms with Crippen LogP contribution in [-0.4, -0.2) is 34.8 Å². The van der Waals surface area contributed by atoms with Gasteiger partial charge in [0, 0.05) is 51.3 Å². The van der Waals surface area contributed by atoms with Crippen LogP contribution in [0.2, 0.25) is 0 Å². The zero-order valence-electron chi connectivity index (χ0n) is 24.9. The summed E-state index contributed by atoms with van der Waals surface area (Å²) in [6.45, 7) is 4.00. The first kappa shape index (κ1) is 30.5. The molecule has 3 heterocycles. The van der Waals surface area contributed by atoms with Gasteiger partial charge in [0.1, 0.15) is 5.01 Å². The molecular formula is C35H28N6O3S2. The fraction of sp³-hybridized carbons (Fsp3) is 0.0571. The minimum absolute atomic E-state index is 0.274. The molecule has 0 aliphatic rings. The number of thiazole rings is 1. The number of amides is 1. The molecule has 9 nitrogen and oxygen atoms in total. The van der Waals surface area contributed by atoms with Crippen LogP contribution in [0.15, 0.2) is 137 Å². The molecule has 4 aromatic carbocycles. The average molecular weight is 645 g/mol. The van der Waals surface area contributed by atoms with Gasteiger partial charge in [-0.1, -0.05) is 79.7 Å². The number of rotatable bonds is 8. The number of imidazole rings is 1. The van der Waals surface area contributed by atoms with Crippen LogP contribution in [0.25, 0.3) is 50.4 Å². The number of benzene rings is 4. The summed E-state index contributed by atoms with van der Waals surface area (Å²) in [5.74, 6) is 0.244. The quantitative estimate of drug-likeness (QED) is 0.179. The van der Waals surface area contributed by atoms with Crippen LogP contribution < -0.4 is 4.72 Å². The van der Waals surface area contributed by atoms with Crippen molar-refractivity contribution in [3.05, 3.63) is 133 Å². The Kier molecular flexibility index (Phi) is 9.32. The lowest BCUT2D eigenvalue weighted by molar-refractivity contribution is 0.0983. The number of nitrogens with zero attached hydrogens (tertiary/aromatic N) is 5. The highest BCUT2D eigenvalue weighted by Gasteiger charge is 2.16. The van der Waals surface area contributed by atoms with Crippen LogP contribution in [0, 0.1) is 0 Å². The van der Waals surface area contributed by atoms with Gasteiger partial charge < -0.3 is 9.09 Å². The Morgan fingerprint density at radius 3 is 2.30 bits per heavy atom. The monoisotopic (exact) mass is 644 g/mol. The zero-order valence-corrected chi connectivity index (χ0v) is 26.5. The predicted octanol–water partition coefficient (Wildman–Crippen LogP) is 7.86. The molecule has 11 heteroatoms. The molecule has 1 amide bonds. The van der Waals surface area contributed by atoms with Crippen molar-refractivity contribution >= 4 is 28.2 Å². The maximum Gasteiger partial charge on any atom is 0.263 e. The molecule has 0 aliphatic heterocycles. The van der Waals surface area contributed by atoms with Gasteiger partial charge in [0.15, 0.2) is 11.0 Å². The van der Waals surface area contributed by atoms with E-state index in [9.17, 15) is 9.00 Å². The van der Waals surface area contributed by atoms with Gasteiger partial charge in [-0.05, 0) is 42.5 Å². The van der Waals surface area contributed by atoms with E-state index in [4.69, 9.17) is 9.51 Å². The molecule has 3 aromatic heterocycles. The summed E-state index contributed by atoms with van der Waals surface area (Å²) in [5.41, 5.74) is 5.60. The number of hydrogen-bond acceptors (Lipinski definition) is 8. The minimum Gasteiger partial charge on any atom is -0.334 e. The van der Waals surface area contributed by atoms with Gasteiger partial charge in [-0.25, -0.2) is 14.2 Å². The second kappa shape index (κ2) is 14.1. The van der Waals surface area contributed by atoms with E-state index < -0.39 is 16.9 Å². The second-order valence-corrected chi connectivity index (χ2v) is 11.7. The van der Waals surface area contributed by atoms with Crippen LogP contribution in [0.3, 0.4) is 0 Å². The zero-order chi connectivity index (χ0) is 31.9. The second-order valence-electron chi connectivity index (χ2n) is 9.65. The third-order valence-electron chi connectivity index (χ3n) is 6.80. The molecule has 0 saturated heterocycles. The Hall–Kier alpha value is -5.52. The first-order valence-corrected chi connectivity index (χ1v) is 16.5. The molecule has 1 N–H and O–H groups in total. The number of aromatic nitrogens is 5. The SMILES string of the molecule is CC.O=C(NS(=O)c1cccc(-c2nc(-c3ccc(-c4csc(-c5ccccc5)n4)cc3)no2)c1)c1ccc(-n2ccnc2)cc1. The van der Waals surface area contributed by atoms with Gasteiger partial charge in [-0.2, -0.15) is 4.98 Å². The third-order valence-corrected chi connectivity index (χ3v) is 8.75.